The van der Waals surface area contributed by atoms with Gasteiger partial charge in [-0.2, -0.15) is 5.10 Å². The van der Waals surface area contributed by atoms with Crippen molar-refractivity contribution in [1.82, 2.24) is 15.1 Å². The van der Waals surface area contributed by atoms with Crippen LogP contribution in [-0.4, -0.2) is 33.8 Å². The topological polar surface area (TPSA) is 84.2 Å². The third-order valence-electron chi connectivity index (χ3n) is 3.34. The molecule has 1 amide bonds. The molecule has 6 nitrogen and oxygen atoms in total. The van der Waals surface area contributed by atoms with E-state index in [1.165, 1.54) is 17.8 Å². The number of nitrogens with one attached hydrogen (secondary N) is 1. The van der Waals surface area contributed by atoms with Crippen molar-refractivity contribution in [3.8, 4) is 0 Å². The molecule has 0 saturated carbocycles. The molecule has 21 heavy (non-hydrogen) atoms. The van der Waals surface area contributed by atoms with Crippen LogP contribution in [0.5, 0.6) is 0 Å². The average Bonchev–Trinajstić information content (AvgIpc) is 2.92. The van der Waals surface area contributed by atoms with Crippen molar-refractivity contribution in [3.05, 3.63) is 52.8 Å². The first kappa shape index (κ1) is 14.8. The van der Waals surface area contributed by atoms with Gasteiger partial charge in [-0.1, -0.05) is 29.8 Å². The van der Waals surface area contributed by atoms with Crippen LogP contribution in [0.25, 0.3) is 0 Å². The molecule has 0 spiro atoms. The second-order valence-electron chi connectivity index (χ2n) is 4.83. The number of carboxylic acid groups (broad SMARTS) is 1. The molecular formula is C15H17N3O3. The fraction of sp³-hybridized carbons (Fsp3) is 0.267. The number of aryl methyl sites for hydroxylation is 1. The van der Waals surface area contributed by atoms with Gasteiger partial charge in [-0.15, -0.1) is 0 Å². The molecule has 0 radical (unpaired) electrons. The predicted molar refractivity (Wildman–Crippen MR) is 77.6 cm³/mol. The minimum absolute atomic E-state index is 0.0123. The Morgan fingerprint density at radius 1 is 1.29 bits per heavy atom. The van der Waals surface area contributed by atoms with E-state index in [-0.39, 0.29) is 17.4 Å². The maximum absolute atomic E-state index is 11.6. The van der Waals surface area contributed by atoms with Crippen molar-refractivity contribution < 1.29 is 14.7 Å². The van der Waals surface area contributed by atoms with Gasteiger partial charge in [-0.05, 0) is 19.4 Å². The lowest BCUT2D eigenvalue weighted by atomic mass is 10.1. The van der Waals surface area contributed by atoms with Gasteiger partial charge < -0.3 is 10.4 Å². The van der Waals surface area contributed by atoms with E-state index in [9.17, 15) is 14.7 Å². The number of benzene rings is 1. The summed E-state index contributed by atoms with van der Waals surface area (Å²) in [5, 5.41) is 15.8. The van der Waals surface area contributed by atoms with Crippen LogP contribution in [0.4, 0.5) is 0 Å². The van der Waals surface area contributed by atoms with Crippen LogP contribution in [0.2, 0.25) is 0 Å². The Labute approximate surface area is 122 Å². The largest absolute Gasteiger partial charge is 0.477 e. The molecule has 0 saturated heterocycles. The lowest BCUT2D eigenvalue weighted by molar-refractivity contribution is 0.0681. The van der Waals surface area contributed by atoms with Gasteiger partial charge in [-0.3, -0.25) is 9.48 Å². The van der Waals surface area contributed by atoms with E-state index in [1.54, 1.807) is 0 Å². The molecule has 2 rings (SSSR count). The van der Waals surface area contributed by atoms with Crippen molar-refractivity contribution in [1.29, 1.82) is 0 Å². The minimum atomic E-state index is -1.11. The monoisotopic (exact) mass is 287 g/mol. The molecule has 0 bridgehead atoms. The summed E-state index contributed by atoms with van der Waals surface area (Å²) in [6.07, 6.45) is 0. The van der Waals surface area contributed by atoms with Crippen molar-refractivity contribution in [2.75, 3.05) is 7.05 Å². The van der Waals surface area contributed by atoms with Crippen molar-refractivity contribution >= 4 is 11.9 Å². The molecule has 1 atom stereocenters. The van der Waals surface area contributed by atoms with Gasteiger partial charge in [0, 0.05) is 13.1 Å². The highest BCUT2D eigenvalue weighted by Crippen LogP contribution is 2.20. The van der Waals surface area contributed by atoms with Crippen LogP contribution in [-0.2, 0) is 0 Å². The van der Waals surface area contributed by atoms with E-state index in [0.29, 0.717) is 0 Å². The lowest BCUT2D eigenvalue weighted by Gasteiger charge is -2.14. The number of nitrogens with zero attached hydrogens (tertiary/aromatic N) is 2. The van der Waals surface area contributed by atoms with Gasteiger partial charge in [0.15, 0.2) is 5.69 Å². The molecule has 0 aliphatic heterocycles. The highest BCUT2D eigenvalue weighted by molar-refractivity contribution is 5.95. The molecule has 2 N–H and O–H groups in total. The second-order valence-corrected chi connectivity index (χ2v) is 4.83. The van der Waals surface area contributed by atoms with Crippen molar-refractivity contribution in [3.63, 3.8) is 0 Å². The van der Waals surface area contributed by atoms with Gasteiger partial charge in [0.05, 0.1) is 6.04 Å². The Hall–Kier alpha value is -2.63. The zero-order valence-corrected chi connectivity index (χ0v) is 12.1. The maximum Gasteiger partial charge on any atom is 0.354 e. The minimum Gasteiger partial charge on any atom is -0.477 e. The van der Waals surface area contributed by atoms with Crippen LogP contribution < -0.4 is 5.32 Å². The van der Waals surface area contributed by atoms with Gasteiger partial charge in [0.25, 0.3) is 5.91 Å². The van der Waals surface area contributed by atoms with E-state index < -0.39 is 11.9 Å². The second kappa shape index (κ2) is 5.78. The van der Waals surface area contributed by atoms with E-state index in [2.05, 4.69) is 10.4 Å². The van der Waals surface area contributed by atoms with E-state index in [4.69, 9.17) is 0 Å². The summed E-state index contributed by atoms with van der Waals surface area (Å²) < 4.78 is 1.36. The zero-order chi connectivity index (χ0) is 15.6. The number of carboxylic acids is 1. The SMILES string of the molecule is CNC(=O)c1cc(C(=O)O)n([C@@H](C)c2ccc(C)cc2)n1. The maximum atomic E-state index is 11.6. The van der Waals surface area contributed by atoms with Crippen LogP contribution in [0.15, 0.2) is 30.3 Å². The van der Waals surface area contributed by atoms with E-state index >= 15 is 0 Å². The number of carbonyl (C=O) groups excluding carboxylic acids is 1. The van der Waals surface area contributed by atoms with Gasteiger partial charge in [-0.25, -0.2) is 4.79 Å². The molecule has 0 aliphatic carbocycles. The van der Waals surface area contributed by atoms with E-state index in [0.717, 1.165) is 11.1 Å². The molecule has 1 aromatic heterocycles. The number of aromatic nitrogens is 2. The molecule has 0 fully saturated rings. The summed E-state index contributed by atoms with van der Waals surface area (Å²) in [4.78, 5) is 23.0. The number of hydrogen-bond donors (Lipinski definition) is 2. The normalized spacial score (nSPS) is 12.0. The van der Waals surface area contributed by atoms with Crippen molar-refractivity contribution in [2.45, 2.75) is 19.9 Å². The molecule has 1 aromatic carbocycles. The molecule has 0 aliphatic rings. The zero-order valence-electron chi connectivity index (χ0n) is 12.1. The molecule has 110 valence electrons. The fourth-order valence-electron chi connectivity index (χ4n) is 2.07. The third-order valence-corrected chi connectivity index (χ3v) is 3.34. The summed E-state index contributed by atoms with van der Waals surface area (Å²) >= 11 is 0. The third kappa shape index (κ3) is 2.94. The van der Waals surface area contributed by atoms with Gasteiger partial charge >= 0.3 is 5.97 Å². The first-order valence-electron chi connectivity index (χ1n) is 6.55. The molecular weight excluding hydrogens is 270 g/mol. The quantitative estimate of drug-likeness (QED) is 0.899. The molecule has 2 aromatic rings. The van der Waals surface area contributed by atoms with Crippen LogP contribution in [0.1, 0.15) is 45.1 Å². The Kier molecular flexibility index (Phi) is 4.07. The Morgan fingerprint density at radius 3 is 2.43 bits per heavy atom. The fourth-order valence-corrected chi connectivity index (χ4v) is 2.07. The molecule has 6 heteroatoms. The summed E-state index contributed by atoms with van der Waals surface area (Å²) in [6.45, 7) is 3.83. The van der Waals surface area contributed by atoms with Crippen LogP contribution in [0.3, 0.4) is 0 Å². The number of aromatic carboxylic acids is 1. The van der Waals surface area contributed by atoms with Gasteiger partial charge in [0.2, 0.25) is 0 Å². The number of hydrogen-bond acceptors (Lipinski definition) is 3. The Bertz CT molecular complexity index is 674. The lowest BCUT2D eigenvalue weighted by Crippen LogP contribution is -2.19. The summed E-state index contributed by atoms with van der Waals surface area (Å²) in [5.74, 6) is -1.52. The highest BCUT2D eigenvalue weighted by Gasteiger charge is 2.22. The Morgan fingerprint density at radius 2 is 1.90 bits per heavy atom. The summed E-state index contributed by atoms with van der Waals surface area (Å²) in [7, 11) is 1.48. The summed E-state index contributed by atoms with van der Waals surface area (Å²) in [5.41, 5.74) is 2.13. The Balaban J connectivity index is 2.46. The number of carbonyl (C=O) groups is 2. The van der Waals surface area contributed by atoms with Crippen LogP contribution >= 0.6 is 0 Å². The molecule has 0 unspecified atom stereocenters. The number of amides is 1. The summed E-state index contributed by atoms with van der Waals surface area (Å²) in [6, 6.07) is 8.76. The highest BCUT2D eigenvalue weighted by atomic mass is 16.4. The van der Waals surface area contributed by atoms with Crippen LogP contribution in [0, 0.1) is 6.92 Å². The smallest absolute Gasteiger partial charge is 0.354 e. The van der Waals surface area contributed by atoms with E-state index in [1.807, 2.05) is 38.1 Å². The average molecular weight is 287 g/mol. The predicted octanol–water partition coefficient (Wildman–Crippen LogP) is 1.86. The first-order valence-corrected chi connectivity index (χ1v) is 6.55. The standard InChI is InChI=1S/C15H17N3O3/c1-9-4-6-11(7-5-9)10(2)18-13(15(20)21)8-12(17-18)14(19)16-3/h4-8,10H,1-3H3,(H,16,19)(H,20,21)/t10-/m0/s1. The van der Waals surface area contributed by atoms with Gasteiger partial charge in [0.1, 0.15) is 5.69 Å². The van der Waals surface area contributed by atoms with Crippen molar-refractivity contribution in [2.24, 2.45) is 0 Å². The molecule has 1 heterocycles. The first-order chi connectivity index (χ1) is 9.93. The number of rotatable bonds is 4.